The standard InChI is InChI=1S/C20H19ClN4O2S.C19H17ClN4O2S/c1-25-19-16(17(24-25)15-5-3-4-8-22-15)18(28-10-9-23-19)13-7-6-12(11-14(13)21)20(26)27-2;1-24-18-15(16(23-24)14-4-2-3-7-21-14)17(27-9-8-22-18)12-6-5-11(19(25)26)10-13(12)20/h3-8,11,18,23H,9-10H2,1-2H3;2-7,10,17,22H,8-9H2,1H3,(H,25,26). The van der Waals surface area contributed by atoms with Crippen molar-refractivity contribution < 1.29 is 19.4 Å². The van der Waals surface area contributed by atoms with Crippen LogP contribution in [0.15, 0.2) is 85.2 Å². The Morgan fingerprint density at radius 3 is 1.64 bits per heavy atom. The molecule has 2 atom stereocenters. The molecule has 282 valence electrons. The molecule has 0 amide bonds. The molecule has 12 nitrogen and oxygen atoms in total. The maximum Gasteiger partial charge on any atom is 0.337 e. The number of aromatic nitrogens is 6. The highest BCUT2D eigenvalue weighted by molar-refractivity contribution is 8.00. The predicted molar refractivity (Wildman–Crippen MR) is 220 cm³/mol. The van der Waals surface area contributed by atoms with Crippen molar-refractivity contribution in [1.29, 1.82) is 0 Å². The first-order valence-electron chi connectivity index (χ1n) is 17.2. The number of rotatable bonds is 6. The first kappa shape index (κ1) is 38.3. The summed E-state index contributed by atoms with van der Waals surface area (Å²) < 4.78 is 8.49. The number of ether oxygens (including phenoxy) is 1. The largest absolute Gasteiger partial charge is 0.478 e. The molecular weight excluding hydrogens is 780 g/mol. The molecule has 6 aromatic rings. The summed E-state index contributed by atoms with van der Waals surface area (Å²) in [6, 6.07) is 21.8. The fourth-order valence-electron chi connectivity index (χ4n) is 6.59. The van der Waals surface area contributed by atoms with Crippen molar-refractivity contribution in [1.82, 2.24) is 29.5 Å². The molecule has 0 fully saturated rings. The van der Waals surface area contributed by atoms with E-state index in [0.717, 1.165) is 81.3 Å². The van der Waals surface area contributed by atoms with Crippen LogP contribution < -0.4 is 10.6 Å². The Hall–Kier alpha value is -5.02. The number of anilines is 2. The number of hydrogen-bond donors (Lipinski definition) is 3. The second-order valence-corrected chi connectivity index (χ2v) is 15.8. The molecular formula is C39H36Cl2N8O4S2. The molecule has 0 saturated carbocycles. The number of carbonyl (C=O) groups is 2. The lowest BCUT2D eigenvalue weighted by atomic mass is 10.0. The molecule has 3 N–H and O–H groups in total. The van der Waals surface area contributed by atoms with Gasteiger partial charge in [0.05, 0.1) is 40.1 Å². The van der Waals surface area contributed by atoms with Crippen LogP contribution in [0.3, 0.4) is 0 Å². The van der Waals surface area contributed by atoms with Gasteiger partial charge in [0, 0.05) is 72.3 Å². The van der Waals surface area contributed by atoms with Gasteiger partial charge in [-0.05, 0) is 59.7 Å². The molecule has 2 aliphatic heterocycles. The first-order chi connectivity index (χ1) is 26.7. The lowest BCUT2D eigenvalue weighted by Gasteiger charge is -2.18. The van der Waals surface area contributed by atoms with Gasteiger partial charge in [0.25, 0.3) is 0 Å². The molecule has 2 unspecified atom stereocenters. The number of carboxylic acid groups (broad SMARTS) is 1. The molecule has 4 aromatic heterocycles. The number of aryl methyl sites for hydroxylation is 2. The van der Waals surface area contributed by atoms with Gasteiger partial charge >= 0.3 is 11.9 Å². The monoisotopic (exact) mass is 814 g/mol. The van der Waals surface area contributed by atoms with Crippen molar-refractivity contribution in [2.45, 2.75) is 10.5 Å². The number of thioether (sulfide) groups is 2. The minimum absolute atomic E-state index is 0.0325. The summed E-state index contributed by atoms with van der Waals surface area (Å²) in [5.74, 6) is 2.30. The Morgan fingerprint density at radius 1 is 0.745 bits per heavy atom. The van der Waals surface area contributed by atoms with Gasteiger partial charge in [-0.1, -0.05) is 47.5 Å². The summed E-state index contributed by atoms with van der Waals surface area (Å²) in [7, 11) is 5.19. The van der Waals surface area contributed by atoms with Gasteiger partial charge in [-0.3, -0.25) is 19.3 Å². The number of nitrogens with one attached hydrogen (secondary N) is 2. The van der Waals surface area contributed by atoms with Crippen LogP contribution in [0, 0.1) is 0 Å². The highest BCUT2D eigenvalue weighted by atomic mass is 35.5. The Morgan fingerprint density at radius 2 is 1.22 bits per heavy atom. The second kappa shape index (κ2) is 16.8. The van der Waals surface area contributed by atoms with Gasteiger partial charge in [-0.2, -0.15) is 10.2 Å². The van der Waals surface area contributed by atoms with E-state index in [0.29, 0.717) is 15.6 Å². The fourth-order valence-corrected chi connectivity index (χ4v) is 9.76. The van der Waals surface area contributed by atoms with Crippen LogP contribution in [0.1, 0.15) is 53.5 Å². The minimum atomic E-state index is -0.991. The van der Waals surface area contributed by atoms with E-state index >= 15 is 0 Å². The zero-order valence-corrected chi connectivity index (χ0v) is 33.1. The molecule has 8 rings (SSSR count). The highest BCUT2D eigenvalue weighted by Crippen LogP contribution is 2.48. The third kappa shape index (κ3) is 7.90. The van der Waals surface area contributed by atoms with Crippen LogP contribution in [-0.4, -0.2) is 78.3 Å². The van der Waals surface area contributed by atoms with Crippen LogP contribution in [-0.2, 0) is 18.8 Å². The van der Waals surface area contributed by atoms with Gasteiger partial charge < -0.3 is 20.5 Å². The maximum absolute atomic E-state index is 11.8. The summed E-state index contributed by atoms with van der Waals surface area (Å²) >= 11 is 16.6. The zero-order valence-electron chi connectivity index (χ0n) is 30.0. The van der Waals surface area contributed by atoms with E-state index < -0.39 is 11.9 Å². The van der Waals surface area contributed by atoms with Crippen LogP contribution >= 0.6 is 46.7 Å². The lowest BCUT2D eigenvalue weighted by molar-refractivity contribution is 0.0599. The van der Waals surface area contributed by atoms with Crippen molar-refractivity contribution in [3.63, 3.8) is 0 Å². The quantitative estimate of drug-likeness (QED) is 0.139. The number of carbonyl (C=O) groups excluding carboxylic acids is 1. The van der Waals surface area contributed by atoms with Gasteiger partial charge in [0.2, 0.25) is 0 Å². The molecule has 0 aliphatic carbocycles. The van der Waals surface area contributed by atoms with Crippen LogP contribution in [0.4, 0.5) is 11.6 Å². The number of hydrogen-bond acceptors (Lipinski definition) is 11. The molecule has 2 aromatic carbocycles. The maximum atomic E-state index is 11.8. The SMILES string of the molecule is COC(=O)c1ccc(C2SCCNc3c2c(-c2ccccn2)nn3C)c(Cl)c1.Cn1nc(-c2ccccn2)c2c1NCCSC2c1ccc(C(=O)O)cc1Cl. The molecule has 6 heterocycles. The van der Waals surface area contributed by atoms with Crippen molar-refractivity contribution in [2.75, 3.05) is 42.3 Å². The topological polar surface area (TPSA) is 149 Å². The van der Waals surface area contributed by atoms with Gasteiger partial charge in [-0.15, -0.1) is 23.5 Å². The summed E-state index contributed by atoms with van der Waals surface area (Å²) in [5, 5.41) is 26.4. The number of esters is 1. The Labute approximate surface area is 336 Å². The molecule has 0 spiro atoms. The predicted octanol–water partition coefficient (Wildman–Crippen LogP) is 8.25. The van der Waals surface area contributed by atoms with E-state index in [1.165, 1.54) is 13.2 Å². The molecule has 55 heavy (non-hydrogen) atoms. The minimum Gasteiger partial charge on any atom is -0.478 e. The fraction of sp³-hybridized carbons (Fsp3) is 0.231. The van der Waals surface area contributed by atoms with Crippen LogP contribution in [0.25, 0.3) is 22.8 Å². The third-order valence-electron chi connectivity index (χ3n) is 9.10. The van der Waals surface area contributed by atoms with Gasteiger partial charge in [-0.25, -0.2) is 9.59 Å². The normalized spacial score (nSPS) is 16.2. The summed E-state index contributed by atoms with van der Waals surface area (Å²) in [6.45, 7) is 1.63. The number of fused-ring (bicyclic) bond motifs is 2. The molecule has 0 saturated heterocycles. The average molecular weight is 816 g/mol. The zero-order chi connectivity index (χ0) is 38.6. The number of benzene rings is 2. The van der Waals surface area contributed by atoms with E-state index in [9.17, 15) is 14.7 Å². The van der Waals surface area contributed by atoms with E-state index in [1.54, 1.807) is 60.2 Å². The average Bonchev–Trinajstić information content (AvgIpc) is 3.47. The summed E-state index contributed by atoms with van der Waals surface area (Å²) in [4.78, 5) is 32.0. The molecule has 16 heteroatoms. The van der Waals surface area contributed by atoms with Crippen molar-refractivity contribution in [3.8, 4) is 22.8 Å². The number of nitrogens with zero attached hydrogens (tertiary/aromatic N) is 6. The van der Waals surface area contributed by atoms with Crippen LogP contribution in [0.2, 0.25) is 10.0 Å². The highest BCUT2D eigenvalue weighted by Gasteiger charge is 2.32. The molecule has 2 aliphatic rings. The Kier molecular flexibility index (Phi) is 11.7. The van der Waals surface area contributed by atoms with Crippen LogP contribution in [0.5, 0.6) is 0 Å². The van der Waals surface area contributed by atoms with Gasteiger partial charge in [0.15, 0.2) is 0 Å². The van der Waals surface area contributed by atoms with E-state index in [-0.39, 0.29) is 16.1 Å². The number of aromatic carboxylic acids is 1. The van der Waals surface area contributed by atoms with E-state index in [4.69, 9.17) is 38.1 Å². The Bertz CT molecular complexity index is 2360. The third-order valence-corrected chi connectivity index (χ3v) is 12.3. The van der Waals surface area contributed by atoms with Crippen molar-refractivity contribution in [3.05, 3.63) is 129 Å². The first-order valence-corrected chi connectivity index (χ1v) is 20.1. The molecule has 0 bridgehead atoms. The molecule has 0 radical (unpaired) electrons. The lowest BCUT2D eigenvalue weighted by Crippen LogP contribution is -2.06. The van der Waals surface area contributed by atoms with E-state index in [1.807, 2.05) is 65.9 Å². The smallest absolute Gasteiger partial charge is 0.337 e. The summed E-state index contributed by atoms with van der Waals surface area (Å²) in [5.41, 5.74) is 7.74. The summed E-state index contributed by atoms with van der Waals surface area (Å²) in [6.07, 6.45) is 3.51. The Balaban J connectivity index is 0.000000169. The van der Waals surface area contributed by atoms with E-state index in [2.05, 4.69) is 20.6 Å². The number of carboxylic acids is 1. The van der Waals surface area contributed by atoms with Crippen molar-refractivity contribution in [2.24, 2.45) is 14.1 Å². The number of methoxy groups -OCH3 is 1. The van der Waals surface area contributed by atoms with Gasteiger partial charge in [0.1, 0.15) is 23.0 Å². The van der Waals surface area contributed by atoms with Crippen molar-refractivity contribution >= 4 is 70.3 Å². The second-order valence-electron chi connectivity index (χ2n) is 12.5. The number of halogens is 2. The number of pyridine rings is 2.